The highest BCUT2D eigenvalue weighted by atomic mass is 32.2. The van der Waals surface area contributed by atoms with Crippen molar-refractivity contribution >= 4 is 33.3 Å². The normalized spacial score (nSPS) is 21.9. The van der Waals surface area contributed by atoms with E-state index in [9.17, 15) is 13.2 Å². The molecule has 6 nitrogen and oxygen atoms in total. The van der Waals surface area contributed by atoms with Crippen LogP contribution >= 0.6 is 11.3 Å². The lowest BCUT2D eigenvalue weighted by Gasteiger charge is -2.36. The average molecular weight is 446 g/mol. The third kappa shape index (κ3) is 4.99. The Balaban J connectivity index is 1.32. The number of sulfonamides is 1. The molecule has 2 fully saturated rings. The molecule has 1 unspecified atom stereocenters. The Labute approximate surface area is 182 Å². The smallest absolute Gasteiger partial charge is 0.236 e. The summed E-state index contributed by atoms with van der Waals surface area (Å²) >= 11 is 1.66. The summed E-state index contributed by atoms with van der Waals surface area (Å²) in [7, 11) is -3.47. The molecule has 0 bridgehead atoms. The quantitative estimate of drug-likeness (QED) is 0.706. The molecule has 30 heavy (non-hydrogen) atoms. The van der Waals surface area contributed by atoms with Crippen molar-refractivity contribution in [3.8, 4) is 0 Å². The predicted octanol–water partition coefficient (Wildman–Crippen LogP) is 3.56. The Morgan fingerprint density at radius 3 is 2.57 bits per heavy atom. The van der Waals surface area contributed by atoms with Gasteiger partial charge < -0.3 is 4.90 Å². The first-order valence-corrected chi connectivity index (χ1v) is 12.8. The van der Waals surface area contributed by atoms with E-state index in [1.54, 1.807) is 17.4 Å². The van der Waals surface area contributed by atoms with Crippen molar-refractivity contribution in [2.24, 2.45) is 5.92 Å². The zero-order valence-corrected chi connectivity index (χ0v) is 18.5. The minimum atomic E-state index is -3.47. The third-order valence-electron chi connectivity index (χ3n) is 5.93. The van der Waals surface area contributed by atoms with Crippen LogP contribution in [0.2, 0.25) is 0 Å². The molecule has 1 amide bonds. The van der Waals surface area contributed by atoms with Crippen LogP contribution in [-0.4, -0.2) is 54.7 Å². The molecule has 1 atom stereocenters. The number of carbonyl (C=O) groups excluding carboxylic acids is 1. The summed E-state index contributed by atoms with van der Waals surface area (Å²) in [4.78, 5) is 19.5. The second-order valence-corrected chi connectivity index (χ2v) is 10.7. The predicted molar refractivity (Wildman–Crippen MR) is 119 cm³/mol. The number of amides is 1. The van der Waals surface area contributed by atoms with Crippen LogP contribution in [0.3, 0.4) is 0 Å². The van der Waals surface area contributed by atoms with Gasteiger partial charge in [0.05, 0.1) is 5.01 Å². The van der Waals surface area contributed by atoms with Crippen molar-refractivity contribution in [2.45, 2.75) is 31.6 Å². The fraction of sp³-hybridized carbons (Fsp3) is 0.455. The van der Waals surface area contributed by atoms with E-state index < -0.39 is 10.0 Å². The molecule has 1 aromatic carbocycles. The van der Waals surface area contributed by atoms with Crippen LogP contribution in [0.5, 0.6) is 0 Å². The summed E-state index contributed by atoms with van der Waals surface area (Å²) in [5.74, 6) is 0.407. The van der Waals surface area contributed by atoms with Crippen molar-refractivity contribution in [3.05, 3.63) is 57.9 Å². The fourth-order valence-electron chi connectivity index (χ4n) is 4.25. The van der Waals surface area contributed by atoms with E-state index in [1.165, 1.54) is 9.71 Å². The summed E-state index contributed by atoms with van der Waals surface area (Å²) in [5.41, 5.74) is 0.853. The summed E-state index contributed by atoms with van der Waals surface area (Å²) in [5, 5.41) is 4.37. The maximum atomic E-state index is 13.1. The lowest BCUT2D eigenvalue weighted by Crippen LogP contribution is -2.46. The van der Waals surface area contributed by atoms with Gasteiger partial charge in [-0.3, -0.25) is 4.79 Å². The first kappa shape index (κ1) is 21.2. The molecule has 3 heterocycles. The fourth-order valence-corrected chi connectivity index (χ4v) is 6.23. The minimum absolute atomic E-state index is 0.0930. The van der Waals surface area contributed by atoms with Crippen molar-refractivity contribution < 1.29 is 13.2 Å². The molecule has 0 N–H and O–H groups in total. The Morgan fingerprint density at radius 1 is 1.10 bits per heavy atom. The molecule has 160 valence electrons. The van der Waals surface area contributed by atoms with Crippen molar-refractivity contribution in [2.75, 3.05) is 26.2 Å². The molecule has 0 spiro atoms. The van der Waals surface area contributed by atoms with Gasteiger partial charge >= 0.3 is 0 Å². The molecular formula is C22H27N3O3S2. The van der Waals surface area contributed by atoms with Gasteiger partial charge in [0.15, 0.2) is 0 Å². The molecular weight excluding hydrogens is 418 g/mol. The lowest BCUT2D eigenvalue weighted by atomic mass is 9.93. The Kier molecular flexibility index (Phi) is 6.65. The Bertz CT molecular complexity index is 966. The van der Waals surface area contributed by atoms with Gasteiger partial charge in [-0.05, 0) is 37.3 Å². The van der Waals surface area contributed by atoms with E-state index in [0.717, 1.165) is 36.5 Å². The summed E-state index contributed by atoms with van der Waals surface area (Å²) in [6.45, 7) is 2.30. The number of likely N-dealkylation sites (tertiary alicyclic amines) is 1. The van der Waals surface area contributed by atoms with Gasteiger partial charge in [0.2, 0.25) is 15.9 Å². The molecule has 0 aliphatic carbocycles. The minimum Gasteiger partial charge on any atom is -0.342 e. The summed E-state index contributed by atoms with van der Waals surface area (Å²) < 4.78 is 26.8. The first-order valence-electron chi connectivity index (χ1n) is 10.4. The molecule has 0 saturated carbocycles. The van der Waals surface area contributed by atoms with Gasteiger partial charge in [-0.25, -0.2) is 13.4 Å². The summed E-state index contributed by atoms with van der Waals surface area (Å²) in [6.07, 6.45) is 6.67. The molecule has 0 radical (unpaired) electrons. The van der Waals surface area contributed by atoms with Crippen LogP contribution in [-0.2, 0) is 14.8 Å². The number of piperidine rings is 2. The van der Waals surface area contributed by atoms with E-state index in [4.69, 9.17) is 0 Å². The van der Waals surface area contributed by atoms with Crippen LogP contribution < -0.4 is 0 Å². The molecule has 2 saturated heterocycles. The van der Waals surface area contributed by atoms with Gasteiger partial charge in [-0.2, -0.15) is 4.31 Å². The largest absolute Gasteiger partial charge is 0.342 e. The number of rotatable bonds is 5. The number of carbonyl (C=O) groups is 1. The highest BCUT2D eigenvalue weighted by Gasteiger charge is 2.34. The molecule has 2 aromatic rings. The van der Waals surface area contributed by atoms with E-state index in [-0.39, 0.29) is 11.8 Å². The van der Waals surface area contributed by atoms with Gasteiger partial charge in [0.25, 0.3) is 0 Å². The number of hydrogen-bond donors (Lipinski definition) is 0. The van der Waals surface area contributed by atoms with Crippen LogP contribution in [0.1, 0.15) is 42.2 Å². The highest BCUT2D eigenvalue weighted by Crippen LogP contribution is 2.30. The zero-order valence-electron chi connectivity index (χ0n) is 16.9. The van der Waals surface area contributed by atoms with Crippen LogP contribution in [0, 0.1) is 5.92 Å². The number of thiazole rings is 1. The second kappa shape index (κ2) is 9.41. The van der Waals surface area contributed by atoms with Crippen LogP contribution in [0.4, 0.5) is 0 Å². The molecule has 2 aliphatic rings. The molecule has 1 aromatic heterocycles. The van der Waals surface area contributed by atoms with E-state index in [0.29, 0.717) is 31.8 Å². The lowest BCUT2D eigenvalue weighted by molar-refractivity contribution is -0.138. The van der Waals surface area contributed by atoms with Gasteiger partial charge in [0, 0.05) is 55.0 Å². The van der Waals surface area contributed by atoms with E-state index in [2.05, 4.69) is 4.98 Å². The Morgan fingerprint density at radius 2 is 1.87 bits per heavy atom. The van der Waals surface area contributed by atoms with Gasteiger partial charge in [-0.15, -0.1) is 11.3 Å². The average Bonchev–Trinajstić information content (AvgIpc) is 3.33. The van der Waals surface area contributed by atoms with E-state index in [1.807, 2.05) is 46.8 Å². The topological polar surface area (TPSA) is 70.6 Å². The monoisotopic (exact) mass is 445 g/mol. The molecule has 4 rings (SSSR count). The Hall–Kier alpha value is -2.03. The molecule has 8 heteroatoms. The number of benzene rings is 1. The SMILES string of the molecule is O=C(C1CCN(S(=O)(=O)/C=C/c2ccccc2)CC1)N1CCCC(c2nccs2)C1. The standard InChI is InChI=1S/C22H27N3O3S2/c26-22(24-12-4-7-20(17-24)21-23-11-15-29-21)19-8-13-25(14-9-19)30(27,28)16-10-18-5-2-1-3-6-18/h1-3,5-6,10-11,15-16,19-20H,4,7-9,12-14,17H2/b16-10+. The van der Waals surface area contributed by atoms with Crippen molar-refractivity contribution in [1.29, 1.82) is 0 Å². The number of hydrogen-bond acceptors (Lipinski definition) is 5. The maximum absolute atomic E-state index is 13.1. The first-order chi connectivity index (χ1) is 14.5. The second-order valence-electron chi connectivity index (χ2n) is 7.93. The number of aromatic nitrogens is 1. The molecule has 2 aliphatic heterocycles. The van der Waals surface area contributed by atoms with Gasteiger partial charge in [0.1, 0.15) is 0 Å². The third-order valence-corrected chi connectivity index (χ3v) is 8.43. The summed E-state index contributed by atoms with van der Waals surface area (Å²) in [6, 6.07) is 9.39. The maximum Gasteiger partial charge on any atom is 0.236 e. The zero-order chi connectivity index (χ0) is 21.0. The van der Waals surface area contributed by atoms with Crippen LogP contribution in [0.15, 0.2) is 47.3 Å². The number of nitrogens with zero attached hydrogens (tertiary/aromatic N) is 3. The van der Waals surface area contributed by atoms with Gasteiger partial charge in [-0.1, -0.05) is 30.3 Å². The van der Waals surface area contributed by atoms with Crippen molar-refractivity contribution in [3.63, 3.8) is 0 Å². The van der Waals surface area contributed by atoms with Crippen LogP contribution in [0.25, 0.3) is 6.08 Å². The van der Waals surface area contributed by atoms with Crippen molar-refractivity contribution in [1.82, 2.24) is 14.2 Å². The highest BCUT2D eigenvalue weighted by molar-refractivity contribution is 7.92. The van der Waals surface area contributed by atoms with E-state index >= 15 is 0 Å².